The van der Waals surface area contributed by atoms with E-state index in [0.717, 1.165) is 30.2 Å². The summed E-state index contributed by atoms with van der Waals surface area (Å²) in [5, 5.41) is 0. The van der Waals surface area contributed by atoms with E-state index in [4.69, 9.17) is 10.6 Å². The minimum atomic E-state index is -0.266. The molecule has 0 saturated heterocycles. The van der Waals surface area contributed by atoms with Crippen molar-refractivity contribution in [3.05, 3.63) is 34.1 Å². The summed E-state index contributed by atoms with van der Waals surface area (Å²) in [6.07, 6.45) is 4.76. The number of benzene rings is 1. The monoisotopic (exact) mass is 344 g/mol. The van der Waals surface area contributed by atoms with Crippen molar-refractivity contribution in [2.75, 3.05) is 6.61 Å². The molecule has 1 aliphatic carbocycles. The molecule has 2 rings (SSSR count). The van der Waals surface area contributed by atoms with Crippen LogP contribution in [0.2, 0.25) is 0 Å². The number of nitrogens with one attached hydrogen (secondary N) is 1. The Morgan fingerprint density at radius 2 is 2.15 bits per heavy atom. The Morgan fingerprint density at radius 1 is 1.45 bits per heavy atom. The predicted molar refractivity (Wildman–Crippen MR) is 81.7 cm³/mol. The largest absolute Gasteiger partial charge is 0.374 e. The zero-order valence-corrected chi connectivity index (χ0v) is 13.4. The van der Waals surface area contributed by atoms with Crippen molar-refractivity contribution in [2.24, 2.45) is 5.84 Å². The molecule has 3 N–H and O–H groups in total. The van der Waals surface area contributed by atoms with Crippen LogP contribution >= 0.6 is 15.9 Å². The molecule has 0 aromatic heterocycles. The lowest BCUT2D eigenvalue weighted by molar-refractivity contribution is -0.0614. The van der Waals surface area contributed by atoms with Crippen LogP contribution in [0.15, 0.2) is 22.7 Å². The second-order valence-corrected chi connectivity index (χ2v) is 6.28. The van der Waals surface area contributed by atoms with Gasteiger partial charge in [-0.15, -0.1) is 0 Å². The third-order valence-electron chi connectivity index (χ3n) is 4.15. The van der Waals surface area contributed by atoms with Gasteiger partial charge < -0.3 is 4.74 Å². The molecule has 3 nitrogen and oxygen atoms in total. The zero-order valence-electron chi connectivity index (χ0n) is 11.8. The topological polar surface area (TPSA) is 47.3 Å². The molecule has 0 heterocycles. The van der Waals surface area contributed by atoms with Crippen LogP contribution in [0.1, 0.15) is 38.2 Å². The smallest absolute Gasteiger partial charge is 0.126 e. The van der Waals surface area contributed by atoms with Crippen molar-refractivity contribution in [2.45, 2.75) is 50.7 Å². The van der Waals surface area contributed by atoms with Crippen molar-refractivity contribution in [3.8, 4) is 0 Å². The van der Waals surface area contributed by atoms with Crippen molar-refractivity contribution < 1.29 is 9.13 Å². The predicted octanol–water partition coefficient (Wildman–Crippen LogP) is 3.31. The number of nitrogens with two attached hydrogens (primary N) is 1. The molecule has 0 aliphatic heterocycles. The summed E-state index contributed by atoms with van der Waals surface area (Å²) in [6, 6.07) is 4.93. The number of hydrogen-bond acceptors (Lipinski definition) is 3. The first-order valence-corrected chi connectivity index (χ1v) is 7.94. The van der Waals surface area contributed by atoms with E-state index in [1.54, 1.807) is 6.07 Å². The molecule has 0 spiro atoms. The molecule has 1 fully saturated rings. The van der Waals surface area contributed by atoms with E-state index >= 15 is 0 Å². The lowest BCUT2D eigenvalue weighted by Crippen LogP contribution is -2.54. The molecule has 1 aromatic carbocycles. The number of hydrazine groups is 1. The second-order valence-electron chi connectivity index (χ2n) is 5.36. The van der Waals surface area contributed by atoms with Crippen LogP contribution < -0.4 is 11.3 Å². The van der Waals surface area contributed by atoms with Gasteiger partial charge >= 0.3 is 0 Å². The maximum absolute atomic E-state index is 13.9. The van der Waals surface area contributed by atoms with E-state index in [1.165, 1.54) is 6.07 Å². The molecule has 20 heavy (non-hydrogen) atoms. The molecular formula is C15H22BrFN2O. The Bertz CT molecular complexity index is 449. The fourth-order valence-electron chi connectivity index (χ4n) is 3.17. The Morgan fingerprint density at radius 3 is 2.75 bits per heavy atom. The molecule has 1 atom stereocenters. The van der Waals surface area contributed by atoms with Crippen LogP contribution in [0.3, 0.4) is 0 Å². The van der Waals surface area contributed by atoms with Gasteiger partial charge in [0.25, 0.3) is 0 Å². The van der Waals surface area contributed by atoms with Gasteiger partial charge in [-0.3, -0.25) is 11.3 Å². The van der Waals surface area contributed by atoms with Gasteiger partial charge in [-0.2, -0.15) is 0 Å². The van der Waals surface area contributed by atoms with Gasteiger partial charge in [-0.05, 0) is 49.9 Å². The van der Waals surface area contributed by atoms with Gasteiger partial charge in [0.15, 0.2) is 0 Å². The van der Waals surface area contributed by atoms with Gasteiger partial charge in [0.2, 0.25) is 0 Å². The zero-order chi connectivity index (χ0) is 14.6. The first kappa shape index (κ1) is 15.9. The average molecular weight is 345 g/mol. The van der Waals surface area contributed by atoms with E-state index in [-0.39, 0.29) is 17.5 Å². The number of ether oxygens (including phenoxy) is 1. The van der Waals surface area contributed by atoms with Crippen molar-refractivity contribution in [1.82, 2.24) is 5.43 Å². The van der Waals surface area contributed by atoms with E-state index in [9.17, 15) is 4.39 Å². The molecule has 1 aromatic rings. The molecule has 0 radical (unpaired) electrons. The van der Waals surface area contributed by atoms with Crippen LogP contribution in [0.5, 0.6) is 0 Å². The summed E-state index contributed by atoms with van der Waals surface area (Å²) < 4.78 is 20.8. The summed E-state index contributed by atoms with van der Waals surface area (Å²) in [5.41, 5.74) is 3.25. The van der Waals surface area contributed by atoms with Crippen molar-refractivity contribution in [1.29, 1.82) is 0 Å². The third kappa shape index (κ3) is 3.39. The fraction of sp³-hybridized carbons (Fsp3) is 0.600. The lowest BCUT2D eigenvalue weighted by atomic mass is 9.87. The molecule has 0 amide bonds. The molecule has 1 unspecified atom stereocenters. The highest BCUT2D eigenvalue weighted by molar-refractivity contribution is 9.10. The Kier molecular flexibility index (Phi) is 5.55. The first-order valence-electron chi connectivity index (χ1n) is 7.15. The number of rotatable bonds is 6. The SMILES string of the molecule is CCOC1(C(Cc2cc(Br)ccc2F)NN)CCCC1. The minimum absolute atomic E-state index is 0.0752. The van der Waals surface area contributed by atoms with Gasteiger partial charge in [-0.1, -0.05) is 28.8 Å². The van der Waals surface area contributed by atoms with E-state index < -0.39 is 0 Å². The van der Waals surface area contributed by atoms with Gasteiger partial charge in [0, 0.05) is 11.1 Å². The van der Waals surface area contributed by atoms with Crippen LogP contribution in [0, 0.1) is 5.82 Å². The van der Waals surface area contributed by atoms with E-state index in [1.807, 2.05) is 13.0 Å². The fourth-order valence-corrected chi connectivity index (χ4v) is 3.58. The average Bonchev–Trinajstić information content (AvgIpc) is 2.89. The van der Waals surface area contributed by atoms with Crippen LogP contribution in [0.25, 0.3) is 0 Å². The highest BCUT2D eigenvalue weighted by atomic mass is 79.9. The third-order valence-corrected chi connectivity index (χ3v) is 4.64. The second kappa shape index (κ2) is 6.98. The maximum Gasteiger partial charge on any atom is 0.126 e. The minimum Gasteiger partial charge on any atom is -0.374 e. The van der Waals surface area contributed by atoms with Gasteiger partial charge in [-0.25, -0.2) is 4.39 Å². The van der Waals surface area contributed by atoms with Crippen molar-refractivity contribution >= 4 is 15.9 Å². The van der Waals surface area contributed by atoms with Crippen molar-refractivity contribution in [3.63, 3.8) is 0 Å². The number of hydrogen-bond donors (Lipinski definition) is 2. The van der Waals surface area contributed by atoms with Gasteiger partial charge in [0.1, 0.15) is 5.82 Å². The highest BCUT2D eigenvalue weighted by Crippen LogP contribution is 2.37. The summed E-state index contributed by atoms with van der Waals surface area (Å²) >= 11 is 3.39. The van der Waals surface area contributed by atoms with Crippen LogP contribution in [-0.4, -0.2) is 18.2 Å². The highest BCUT2D eigenvalue weighted by Gasteiger charge is 2.42. The molecule has 1 aliphatic rings. The number of halogens is 2. The molecule has 0 bridgehead atoms. The quantitative estimate of drug-likeness (QED) is 0.614. The standard InChI is InChI=1S/C15H22BrFN2O/c1-2-20-15(7-3-4-8-15)14(19-18)10-11-9-12(16)5-6-13(11)17/h5-6,9,14,19H,2-4,7-8,10,18H2,1H3. The molecule has 1 saturated carbocycles. The van der Waals surface area contributed by atoms with Crippen LogP contribution in [-0.2, 0) is 11.2 Å². The van der Waals surface area contributed by atoms with E-state index in [2.05, 4.69) is 21.4 Å². The summed E-state index contributed by atoms with van der Waals surface area (Å²) in [4.78, 5) is 0. The Labute approximate surface area is 128 Å². The summed E-state index contributed by atoms with van der Waals surface area (Å²) in [6.45, 7) is 2.65. The maximum atomic E-state index is 13.9. The van der Waals surface area contributed by atoms with Gasteiger partial charge in [0.05, 0.1) is 11.6 Å². The summed E-state index contributed by atoms with van der Waals surface area (Å²) in [7, 11) is 0. The summed E-state index contributed by atoms with van der Waals surface area (Å²) in [5.74, 6) is 5.54. The normalized spacial score (nSPS) is 19.2. The van der Waals surface area contributed by atoms with E-state index in [0.29, 0.717) is 18.6 Å². The Hall–Kier alpha value is -0.490. The first-order chi connectivity index (χ1) is 9.61. The molecular weight excluding hydrogens is 323 g/mol. The molecule has 5 heteroatoms. The Balaban J connectivity index is 2.21. The lowest BCUT2D eigenvalue weighted by Gasteiger charge is -2.37. The van der Waals surface area contributed by atoms with Crippen LogP contribution in [0.4, 0.5) is 4.39 Å². The molecule has 112 valence electrons.